The van der Waals surface area contributed by atoms with Crippen LogP contribution in [0.25, 0.3) is 0 Å². The molecule has 1 saturated carbocycles. The summed E-state index contributed by atoms with van der Waals surface area (Å²) in [6.45, 7) is 29.1. The molecule has 5 unspecified atom stereocenters. The molecule has 0 radical (unpaired) electrons. The minimum Gasteiger partial charge on any atom is -0.520 e. The SMILES string of the molecule is CCCCCC(C=CC1C(O[Si](C)(C)C)CC(O[Si](C)(C)C)C1CC=CCCCC(=O)O[Si](C)(C)C)O[Si](C)(C)C. The second kappa shape index (κ2) is 17.3. The van der Waals surface area contributed by atoms with Gasteiger partial charge in [0.2, 0.25) is 8.32 Å². The predicted octanol–water partition coefficient (Wildman–Crippen LogP) is 9.91. The van der Waals surface area contributed by atoms with E-state index in [9.17, 15) is 4.79 Å². The van der Waals surface area contributed by atoms with Gasteiger partial charge in [0.15, 0.2) is 25.0 Å². The zero-order valence-corrected chi connectivity index (χ0v) is 33.1. The Bertz CT molecular complexity index is 818. The van der Waals surface area contributed by atoms with E-state index < -0.39 is 33.3 Å². The summed E-state index contributed by atoms with van der Waals surface area (Å²) in [7, 11) is -6.95. The van der Waals surface area contributed by atoms with Crippen molar-refractivity contribution >= 4 is 39.2 Å². The van der Waals surface area contributed by atoms with E-state index in [1.54, 1.807) is 0 Å². The van der Waals surface area contributed by atoms with Gasteiger partial charge in [-0.2, -0.15) is 0 Å². The highest BCUT2D eigenvalue weighted by Gasteiger charge is 2.45. The highest BCUT2D eigenvalue weighted by molar-refractivity contribution is 6.71. The average molecular weight is 643 g/mol. The van der Waals surface area contributed by atoms with E-state index in [1.807, 2.05) is 0 Å². The second-order valence-corrected chi connectivity index (χ2v) is 33.7. The molecule has 1 rings (SSSR count). The third kappa shape index (κ3) is 18.9. The lowest BCUT2D eigenvalue weighted by Gasteiger charge is -2.30. The fraction of sp³-hybridized carbons (Fsp3) is 0.844. The standard InChI is InChI=1S/C32H66O5Si4/c1-14-15-18-21-27(34-38(2,3)4)24-25-29-28(22-19-16-17-20-23-32(33)37-41(11,12)13)30(35-39(5,6)7)26-31(29)36-40(8,9)10/h16,19,24-25,27-31H,14-15,17-18,20-23,26H2,1-13H3. The summed E-state index contributed by atoms with van der Waals surface area (Å²) in [6, 6.07) is 0. The lowest BCUT2D eigenvalue weighted by Crippen LogP contribution is -2.35. The Hall–Kier alpha value is -0.302. The maximum absolute atomic E-state index is 12.1. The Kier molecular flexibility index (Phi) is 16.3. The number of rotatable bonds is 19. The molecule has 0 spiro atoms. The number of carbonyl (C=O) groups is 1. The molecule has 0 N–H and O–H groups in total. The van der Waals surface area contributed by atoms with Crippen molar-refractivity contribution in [1.29, 1.82) is 0 Å². The largest absolute Gasteiger partial charge is 0.520 e. The van der Waals surface area contributed by atoms with Crippen LogP contribution in [0.1, 0.15) is 64.7 Å². The molecule has 5 nitrogen and oxygen atoms in total. The summed E-state index contributed by atoms with van der Waals surface area (Å²) in [4.78, 5) is 12.1. The molecule has 0 aliphatic heterocycles. The topological polar surface area (TPSA) is 54.0 Å². The van der Waals surface area contributed by atoms with Gasteiger partial charge in [0.25, 0.3) is 5.97 Å². The molecule has 0 saturated heterocycles. The third-order valence-electron chi connectivity index (χ3n) is 6.77. The molecule has 0 heterocycles. The van der Waals surface area contributed by atoms with Crippen LogP contribution in [0.4, 0.5) is 0 Å². The molecule has 41 heavy (non-hydrogen) atoms. The van der Waals surface area contributed by atoms with Crippen molar-refractivity contribution in [2.75, 3.05) is 0 Å². The molecule has 5 atom stereocenters. The quantitative estimate of drug-likeness (QED) is 0.0797. The smallest absolute Gasteiger partial charge is 0.292 e. The van der Waals surface area contributed by atoms with Crippen LogP contribution in [0, 0.1) is 11.8 Å². The van der Waals surface area contributed by atoms with Crippen LogP contribution >= 0.6 is 0 Å². The number of unbranched alkanes of at least 4 members (excludes halogenated alkanes) is 3. The zero-order chi connectivity index (χ0) is 31.5. The summed E-state index contributed by atoms with van der Waals surface area (Å²) >= 11 is 0. The maximum atomic E-state index is 12.1. The first kappa shape index (κ1) is 38.7. The Labute approximate surface area is 258 Å². The molecule has 0 amide bonds. The van der Waals surface area contributed by atoms with Gasteiger partial charge in [0, 0.05) is 12.3 Å². The van der Waals surface area contributed by atoms with Gasteiger partial charge in [0.1, 0.15) is 0 Å². The number of carbonyl (C=O) groups excluding carboxylic acids is 1. The van der Waals surface area contributed by atoms with Gasteiger partial charge in [-0.25, -0.2) is 0 Å². The van der Waals surface area contributed by atoms with E-state index in [2.05, 4.69) is 110 Å². The molecular weight excluding hydrogens is 577 g/mol. The summed E-state index contributed by atoms with van der Waals surface area (Å²) in [5.74, 6) is 0.622. The van der Waals surface area contributed by atoms with Crippen LogP contribution in [0.3, 0.4) is 0 Å². The van der Waals surface area contributed by atoms with Gasteiger partial charge in [-0.1, -0.05) is 50.5 Å². The van der Waals surface area contributed by atoms with Crippen molar-refractivity contribution < 1.29 is 22.5 Å². The highest BCUT2D eigenvalue weighted by Crippen LogP contribution is 2.42. The third-order valence-corrected chi connectivity index (χ3v) is 10.6. The van der Waals surface area contributed by atoms with Crippen LogP contribution in [-0.2, 0) is 22.5 Å². The monoisotopic (exact) mass is 642 g/mol. The van der Waals surface area contributed by atoms with Crippen LogP contribution in [0.15, 0.2) is 24.3 Å². The Morgan fingerprint density at radius 2 is 1.39 bits per heavy atom. The number of allylic oxidation sites excluding steroid dienone is 2. The summed E-state index contributed by atoms with van der Waals surface area (Å²) in [5, 5.41) is 0. The summed E-state index contributed by atoms with van der Waals surface area (Å²) in [5.41, 5.74) is 0. The van der Waals surface area contributed by atoms with Crippen molar-refractivity contribution in [2.24, 2.45) is 11.8 Å². The molecule has 240 valence electrons. The van der Waals surface area contributed by atoms with Gasteiger partial charge in [-0.15, -0.1) is 0 Å². The lowest BCUT2D eigenvalue weighted by atomic mass is 9.89. The summed E-state index contributed by atoms with van der Waals surface area (Å²) < 4.78 is 25.9. The van der Waals surface area contributed by atoms with E-state index in [0.717, 1.165) is 32.1 Å². The fourth-order valence-corrected chi connectivity index (χ4v) is 9.69. The summed E-state index contributed by atoms with van der Waals surface area (Å²) in [6.07, 6.45) is 18.8. The van der Waals surface area contributed by atoms with Crippen molar-refractivity contribution in [3.63, 3.8) is 0 Å². The molecule has 1 fully saturated rings. The molecule has 1 aliphatic rings. The molecular formula is C32H66O5Si4. The molecule has 0 aromatic heterocycles. The molecule has 0 bridgehead atoms. The van der Waals surface area contributed by atoms with Crippen LogP contribution in [0.5, 0.6) is 0 Å². The van der Waals surface area contributed by atoms with Crippen molar-refractivity contribution in [3.8, 4) is 0 Å². The van der Waals surface area contributed by atoms with Crippen LogP contribution < -0.4 is 0 Å². The maximum Gasteiger partial charge on any atom is 0.292 e. The van der Waals surface area contributed by atoms with E-state index in [0.29, 0.717) is 18.3 Å². The van der Waals surface area contributed by atoms with E-state index in [-0.39, 0.29) is 24.3 Å². The van der Waals surface area contributed by atoms with Crippen molar-refractivity contribution in [2.45, 2.75) is 162 Å². The first-order chi connectivity index (χ1) is 18.7. The average Bonchev–Trinajstić information content (AvgIpc) is 3.04. The Morgan fingerprint density at radius 3 is 1.93 bits per heavy atom. The van der Waals surface area contributed by atoms with Crippen molar-refractivity contribution in [1.82, 2.24) is 0 Å². The van der Waals surface area contributed by atoms with Gasteiger partial charge in [0.05, 0.1) is 18.3 Å². The van der Waals surface area contributed by atoms with Crippen LogP contribution in [0.2, 0.25) is 78.6 Å². The van der Waals surface area contributed by atoms with Gasteiger partial charge < -0.3 is 17.7 Å². The Morgan fingerprint density at radius 1 is 0.780 bits per heavy atom. The second-order valence-electron chi connectivity index (χ2n) is 15.8. The van der Waals surface area contributed by atoms with E-state index in [1.165, 1.54) is 19.3 Å². The number of hydrogen-bond acceptors (Lipinski definition) is 5. The number of hydrogen-bond donors (Lipinski definition) is 0. The lowest BCUT2D eigenvalue weighted by molar-refractivity contribution is -0.135. The van der Waals surface area contributed by atoms with Gasteiger partial charge in [-0.3, -0.25) is 4.79 Å². The predicted molar refractivity (Wildman–Crippen MR) is 187 cm³/mol. The minimum atomic E-state index is -1.81. The van der Waals surface area contributed by atoms with Gasteiger partial charge >= 0.3 is 0 Å². The van der Waals surface area contributed by atoms with Crippen LogP contribution in [-0.4, -0.2) is 57.6 Å². The van der Waals surface area contributed by atoms with Gasteiger partial charge in [-0.05, 0) is 117 Å². The first-order valence-corrected chi connectivity index (χ1v) is 29.9. The highest BCUT2D eigenvalue weighted by atomic mass is 28.4. The molecule has 9 heteroatoms. The van der Waals surface area contributed by atoms with E-state index in [4.69, 9.17) is 17.7 Å². The molecule has 1 aliphatic carbocycles. The Balaban J connectivity index is 3.13. The van der Waals surface area contributed by atoms with E-state index >= 15 is 0 Å². The first-order valence-electron chi connectivity index (χ1n) is 16.3. The minimum absolute atomic E-state index is 0.0532. The molecule has 0 aromatic rings. The molecule has 0 aromatic carbocycles. The zero-order valence-electron chi connectivity index (χ0n) is 29.1. The normalized spacial score (nSPS) is 23.5. The van der Waals surface area contributed by atoms with Crippen molar-refractivity contribution in [3.05, 3.63) is 24.3 Å². The fourth-order valence-electron chi connectivity index (χ4n) is 5.45.